The Morgan fingerprint density at radius 3 is 2.21 bits per heavy atom. The molecule has 8 heteroatoms. The normalized spacial score (nSPS) is 11.5. The number of hydrazone groups is 1. The molecule has 0 aliphatic rings. The van der Waals surface area contributed by atoms with Crippen LogP contribution in [0.25, 0.3) is 0 Å². The molecule has 1 N–H and O–H groups in total. The smallest absolute Gasteiger partial charge is 0.264 e. The Balaban J connectivity index is 1.81. The Morgan fingerprint density at radius 2 is 1.64 bits per heavy atom. The number of hydrogen-bond donors (Lipinski definition) is 1. The minimum Gasteiger partial charge on any atom is -0.497 e. The summed E-state index contributed by atoms with van der Waals surface area (Å²) in [4.78, 5) is 12.7. The number of nitrogens with zero attached hydrogens (tertiary/aromatic N) is 2. The summed E-state index contributed by atoms with van der Waals surface area (Å²) in [5, 5.41) is 3.95. The van der Waals surface area contributed by atoms with Gasteiger partial charge in [0.15, 0.2) is 0 Å². The first kappa shape index (κ1) is 24.0. The van der Waals surface area contributed by atoms with E-state index in [1.165, 1.54) is 18.3 Å². The minimum atomic E-state index is -3.96. The van der Waals surface area contributed by atoms with Crippen LogP contribution in [0, 0.1) is 0 Å². The average Bonchev–Trinajstić information content (AvgIpc) is 2.83. The maximum absolute atomic E-state index is 13.3. The van der Waals surface area contributed by atoms with Gasteiger partial charge in [-0.05, 0) is 65.6 Å². The fourth-order valence-electron chi connectivity index (χ4n) is 3.09. The molecule has 0 aliphatic carbocycles. The second-order valence-electron chi connectivity index (χ2n) is 7.64. The van der Waals surface area contributed by atoms with Crippen LogP contribution in [0.2, 0.25) is 0 Å². The number of hydrogen-bond acceptors (Lipinski definition) is 5. The van der Waals surface area contributed by atoms with E-state index in [2.05, 4.69) is 24.4 Å². The second kappa shape index (κ2) is 10.8. The van der Waals surface area contributed by atoms with Crippen LogP contribution in [0.15, 0.2) is 88.9 Å². The molecule has 172 valence electrons. The average molecular weight is 466 g/mol. The van der Waals surface area contributed by atoms with Crippen LogP contribution >= 0.6 is 0 Å². The zero-order chi connectivity index (χ0) is 23.8. The van der Waals surface area contributed by atoms with Gasteiger partial charge in [-0.15, -0.1) is 0 Å². The van der Waals surface area contributed by atoms with E-state index in [0.717, 1.165) is 15.4 Å². The Kier molecular flexibility index (Phi) is 7.84. The Morgan fingerprint density at radius 1 is 1.00 bits per heavy atom. The molecule has 3 aromatic rings. The van der Waals surface area contributed by atoms with Crippen molar-refractivity contribution in [1.82, 2.24) is 5.43 Å². The van der Waals surface area contributed by atoms with Crippen LogP contribution in [-0.2, 0) is 14.8 Å². The van der Waals surface area contributed by atoms with Crippen molar-refractivity contribution < 1.29 is 17.9 Å². The maximum atomic E-state index is 13.3. The third-order valence-electron chi connectivity index (χ3n) is 4.98. The molecule has 0 aliphatic heterocycles. The molecule has 33 heavy (non-hydrogen) atoms. The van der Waals surface area contributed by atoms with Gasteiger partial charge in [0, 0.05) is 0 Å². The number of amides is 1. The summed E-state index contributed by atoms with van der Waals surface area (Å²) in [6.45, 7) is 3.70. The van der Waals surface area contributed by atoms with Crippen molar-refractivity contribution in [3.63, 3.8) is 0 Å². The van der Waals surface area contributed by atoms with E-state index < -0.39 is 22.5 Å². The fraction of sp³-hybridized carbons (Fsp3) is 0.200. The number of ether oxygens (including phenoxy) is 1. The van der Waals surface area contributed by atoms with Crippen LogP contribution in [-0.4, -0.2) is 34.2 Å². The van der Waals surface area contributed by atoms with Crippen LogP contribution in [0.5, 0.6) is 5.75 Å². The zero-order valence-electron chi connectivity index (χ0n) is 18.8. The third kappa shape index (κ3) is 6.20. The van der Waals surface area contributed by atoms with Gasteiger partial charge in [-0.1, -0.05) is 44.2 Å². The number of nitrogens with one attached hydrogen (secondary N) is 1. The molecule has 0 aromatic heterocycles. The molecule has 0 atom stereocenters. The topological polar surface area (TPSA) is 88.1 Å². The van der Waals surface area contributed by atoms with Gasteiger partial charge in [0.2, 0.25) is 0 Å². The molecule has 1 amide bonds. The van der Waals surface area contributed by atoms with Crippen LogP contribution < -0.4 is 14.5 Å². The largest absolute Gasteiger partial charge is 0.497 e. The van der Waals surface area contributed by atoms with Crippen molar-refractivity contribution in [2.45, 2.75) is 24.7 Å². The monoisotopic (exact) mass is 465 g/mol. The first-order valence-corrected chi connectivity index (χ1v) is 11.9. The Hall–Kier alpha value is -3.65. The highest BCUT2D eigenvalue weighted by molar-refractivity contribution is 7.92. The minimum absolute atomic E-state index is 0.104. The third-order valence-corrected chi connectivity index (χ3v) is 6.77. The van der Waals surface area contributed by atoms with Gasteiger partial charge in [0.25, 0.3) is 15.9 Å². The van der Waals surface area contributed by atoms with E-state index in [9.17, 15) is 13.2 Å². The molecule has 0 fully saturated rings. The molecule has 0 unspecified atom stereocenters. The maximum Gasteiger partial charge on any atom is 0.264 e. The van der Waals surface area contributed by atoms with Crippen LogP contribution in [0.1, 0.15) is 30.9 Å². The van der Waals surface area contributed by atoms with Crippen molar-refractivity contribution in [3.8, 4) is 5.75 Å². The van der Waals surface area contributed by atoms with Crippen molar-refractivity contribution in [1.29, 1.82) is 0 Å². The van der Waals surface area contributed by atoms with Crippen molar-refractivity contribution >= 4 is 27.8 Å². The number of carbonyl (C=O) groups is 1. The molecule has 3 rings (SSSR count). The SMILES string of the molecule is COc1ccc(/C=N\NC(=O)CN(c2ccc(C(C)C)cc2)S(=O)(=O)c2ccccc2)cc1. The molecule has 0 saturated carbocycles. The van der Waals surface area contributed by atoms with E-state index >= 15 is 0 Å². The fourth-order valence-corrected chi connectivity index (χ4v) is 4.54. The van der Waals surface area contributed by atoms with Gasteiger partial charge >= 0.3 is 0 Å². The standard InChI is InChI=1S/C25H27N3O4S/c1-19(2)21-11-13-22(14-12-21)28(33(30,31)24-7-5-4-6-8-24)18-25(29)27-26-17-20-9-15-23(32-3)16-10-20/h4-17,19H,18H2,1-3H3,(H,27,29)/b26-17-. The summed E-state index contributed by atoms with van der Waals surface area (Å²) < 4.78 is 32.9. The van der Waals surface area contributed by atoms with Crippen LogP contribution in [0.4, 0.5) is 5.69 Å². The summed E-state index contributed by atoms with van der Waals surface area (Å²) in [5.41, 5.74) is 4.64. The molecule has 0 saturated heterocycles. The molecule has 0 spiro atoms. The number of benzene rings is 3. The highest BCUT2D eigenvalue weighted by Crippen LogP contribution is 2.25. The van der Waals surface area contributed by atoms with E-state index in [0.29, 0.717) is 17.4 Å². The number of carbonyl (C=O) groups excluding carboxylic acids is 1. The lowest BCUT2D eigenvalue weighted by atomic mass is 10.0. The molecule has 0 radical (unpaired) electrons. The van der Waals surface area contributed by atoms with Crippen molar-refractivity contribution in [2.75, 3.05) is 18.0 Å². The van der Waals surface area contributed by atoms with Crippen molar-refractivity contribution in [2.24, 2.45) is 5.10 Å². The summed E-state index contributed by atoms with van der Waals surface area (Å²) >= 11 is 0. The molecule has 3 aromatic carbocycles. The zero-order valence-corrected chi connectivity index (χ0v) is 19.6. The molecular formula is C25H27N3O4S. The lowest BCUT2D eigenvalue weighted by molar-refractivity contribution is -0.119. The number of methoxy groups -OCH3 is 1. The predicted molar refractivity (Wildman–Crippen MR) is 130 cm³/mol. The number of rotatable bonds is 9. The Labute approximate surface area is 194 Å². The summed E-state index contributed by atoms with van der Waals surface area (Å²) in [5.74, 6) is 0.447. The van der Waals surface area contributed by atoms with Crippen molar-refractivity contribution in [3.05, 3.63) is 90.0 Å². The quantitative estimate of drug-likeness (QED) is 0.380. The highest BCUT2D eigenvalue weighted by Gasteiger charge is 2.27. The predicted octanol–water partition coefficient (Wildman–Crippen LogP) is 4.16. The van der Waals surface area contributed by atoms with Gasteiger partial charge in [-0.2, -0.15) is 5.10 Å². The molecule has 7 nitrogen and oxygen atoms in total. The van der Waals surface area contributed by atoms with Gasteiger partial charge in [0.1, 0.15) is 12.3 Å². The number of sulfonamides is 1. The van der Waals surface area contributed by atoms with Crippen LogP contribution in [0.3, 0.4) is 0 Å². The van der Waals surface area contributed by atoms with Gasteiger partial charge in [-0.3, -0.25) is 9.10 Å². The van der Waals surface area contributed by atoms with E-state index in [1.54, 1.807) is 61.7 Å². The first-order chi connectivity index (χ1) is 15.8. The molecule has 0 bridgehead atoms. The molecule has 0 heterocycles. The van der Waals surface area contributed by atoms with E-state index in [4.69, 9.17) is 4.74 Å². The number of anilines is 1. The highest BCUT2D eigenvalue weighted by atomic mass is 32.2. The van der Waals surface area contributed by atoms with E-state index in [1.807, 2.05) is 12.1 Å². The molecular weight excluding hydrogens is 438 g/mol. The summed E-state index contributed by atoms with van der Waals surface area (Å²) in [6.07, 6.45) is 1.48. The lowest BCUT2D eigenvalue weighted by Crippen LogP contribution is -2.39. The second-order valence-corrected chi connectivity index (χ2v) is 9.50. The van der Waals surface area contributed by atoms with E-state index in [-0.39, 0.29) is 4.90 Å². The summed E-state index contributed by atoms with van der Waals surface area (Å²) in [7, 11) is -2.38. The summed E-state index contributed by atoms with van der Waals surface area (Å²) in [6, 6.07) is 22.3. The lowest BCUT2D eigenvalue weighted by Gasteiger charge is -2.24. The first-order valence-electron chi connectivity index (χ1n) is 10.4. The van der Waals surface area contributed by atoms with Gasteiger partial charge in [0.05, 0.1) is 23.9 Å². The Bertz CT molecular complexity index is 1190. The van der Waals surface area contributed by atoms with Gasteiger partial charge < -0.3 is 4.74 Å². The van der Waals surface area contributed by atoms with Gasteiger partial charge in [-0.25, -0.2) is 13.8 Å².